The van der Waals surface area contributed by atoms with Crippen LogP contribution in [0.4, 0.5) is 36.3 Å². The summed E-state index contributed by atoms with van der Waals surface area (Å²) < 4.78 is 40.1. The molecule has 28 heavy (non-hydrogen) atoms. The van der Waals surface area contributed by atoms with Gasteiger partial charge in [-0.05, 0) is 35.7 Å². The largest absolute Gasteiger partial charge is 0.421 e. The number of hydrogen-bond donors (Lipinski definition) is 2. The number of nitrogens with zero attached hydrogens (tertiary/aromatic N) is 2. The molecule has 1 aromatic heterocycles. The SMILES string of the molecule is CC(C)c1ccc(Nc2ncc(C(F)(F)F)c(Nc3ccccc3Cl)n2)cc1. The molecule has 0 atom stereocenters. The molecule has 0 saturated heterocycles. The van der Waals surface area contributed by atoms with E-state index in [1.165, 1.54) is 0 Å². The molecule has 8 heteroatoms. The van der Waals surface area contributed by atoms with E-state index in [9.17, 15) is 13.2 Å². The van der Waals surface area contributed by atoms with Gasteiger partial charge in [0, 0.05) is 11.9 Å². The second-order valence-electron chi connectivity index (χ2n) is 6.46. The fraction of sp³-hybridized carbons (Fsp3) is 0.200. The first kappa shape index (κ1) is 19.9. The molecule has 0 saturated carbocycles. The van der Waals surface area contributed by atoms with Crippen LogP contribution in [0.2, 0.25) is 5.02 Å². The Morgan fingerprint density at radius 1 is 0.964 bits per heavy atom. The van der Waals surface area contributed by atoms with Crippen LogP contribution in [0.5, 0.6) is 0 Å². The maximum Gasteiger partial charge on any atom is 0.421 e. The van der Waals surface area contributed by atoms with Gasteiger partial charge in [0.15, 0.2) is 0 Å². The van der Waals surface area contributed by atoms with Crippen molar-refractivity contribution in [1.29, 1.82) is 0 Å². The minimum Gasteiger partial charge on any atom is -0.338 e. The second-order valence-corrected chi connectivity index (χ2v) is 6.87. The first-order valence-corrected chi connectivity index (χ1v) is 8.94. The summed E-state index contributed by atoms with van der Waals surface area (Å²) >= 11 is 6.05. The first-order valence-electron chi connectivity index (χ1n) is 8.57. The monoisotopic (exact) mass is 406 g/mol. The van der Waals surface area contributed by atoms with E-state index < -0.39 is 11.7 Å². The molecule has 2 aromatic carbocycles. The first-order chi connectivity index (χ1) is 13.2. The van der Waals surface area contributed by atoms with E-state index in [2.05, 4.69) is 34.4 Å². The third kappa shape index (κ3) is 4.72. The normalized spacial score (nSPS) is 11.5. The van der Waals surface area contributed by atoms with Gasteiger partial charge in [-0.2, -0.15) is 18.2 Å². The Hall–Kier alpha value is -2.80. The zero-order valence-electron chi connectivity index (χ0n) is 15.2. The van der Waals surface area contributed by atoms with Crippen LogP contribution in [0, 0.1) is 0 Å². The number of benzene rings is 2. The summed E-state index contributed by atoms with van der Waals surface area (Å²) in [6.07, 6.45) is -3.86. The van der Waals surface area contributed by atoms with Crippen molar-refractivity contribution in [3.63, 3.8) is 0 Å². The highest BCUT2D eigenvalue weighted by Crippen LogP contribution is 2.36. The molecular weight excluding hydrogens is 389 g/mol. The van der Waals surface area contributed by atoms with Crippen LogP contribution >= 0.6 is 11.6 Å². The Labute approximate surface area is 165 Å². The maximum atomic E-state index is 13.4. The van der Waals surface area contributed by atoms with Gasteiger partial charge in [-0.1, -0.05) is 49.7 Å². The molecule has 3 aromatic rings. The maximum absolute atomic E-state index is 13.4. The van der Waals surface area contributed by atoms with Gasteiger partial charge in [-0.3, -0.25) is 0 Å². The van der Waals surface area contributed by atoms with Crippen molar-refractivity contribution >= 4 is 34.7 Å². The molecule has 2 N–H and O–H groups in total. The Bertz CT molecular complexity index is 956. The van der Waals surface area contributed by atoms with E-state index in [0.29, 0.717) is 17.3 Å². The molecule has 0 fully saturated rings. The van der Waals surface area contributed by atoms with Crippen LogP contribution in [0.25, 0.3) is 0 Å². The van der Waals surface area contributed by atoms with E-state index in [4.69, 9.17) is 11.6 Å². The highest BCUT2D eigenvalue weighted by molar-refractivity contribution is 6.33. The lowest BCUT2D eigenvalue weighted by molar-refractivity contribution is -0.137. The Morgan fingerprint density at radius 3 is 2.25 bits per heavy atom. The number of para-hydroxylation sites is 1. The molecule has 0 amide bonds. The van der Waals surface area contributed by atoms with Gasteiger partial charge < -0.3 is 10.6 Å². The molecular formula is C20H18ClF3N4. The highest BCUT2D eigenvalue weighted by Gasteiger charge is 2.35. The van der Waals surface area contributed by atoms with Crippen LogP contribution in [0.1, 0.15) is 30.9 Å². The zero-order chi connectivity index (χ0) is 20.3. The molecule has 1 heterocycles. The predicted molar refractivity (Wildman–Crippen MR) is 106 cm³/mol. The number of aromatic nitrogens is 2. The van der Waals surface area contributed by atoms with Crippen molar-refractivity contribution in [1.82, 2.24) is 9.97 Å². The molecule has 0 unspecified atom stereocenters. The zero-order valence-corrected chi connectivity index (χ0v) is 15.9. The van der Waals surface area contributed by atoms with Gasteiger partial charge in [0.2, 0.25) is 5.95 Å². The van der Waals surface area contributed by atoms with Gasteiger partial charge in [0.1, 0.15) is 11.4 Å². The van der Waals surface area contributed by atoms with Gasteiger partial charge >= 0.3 is 6.18 Å². The van der Waals surface area contributed by atoms with Gasteiger partial charge in [0.05, 0.1) is 10.7 Å². The standard InChI is InChI=1S/C20H18ClF3N4/c1-12(2)13-7-9-14(10-8-13)26-19-25-11-15(20(22,23)24)18(28-19)27-17-6-4-3-5-16(17)21/h3-12H,1-2H3,(H2,25,26,27,28). The number of anilines is 4. The van der Waals surface area contributed by atoms with E-state index in [1.54, 1.807) is 24.3 Å². The lowest BCUT2D eigenvalue weighted by Crippen LogP contribution is -2.12. The second kappa shape index (κ2) is 8.06. The fourth-order valence-electron chi connectivity index (χ4n) is 2.52. The van der Waals surface area contributed by atoms with Gasteiger partial charge in [-0.15, -0.1) is 0 Å². The minimum atomic E-state index is -4.61. The van der Waals surface area contributed by atoms with Crippen LogP contribution < -0.4 is 10.6 Å². The molecule has 0 aliphatic heterocycles. The summed E-state index contributed by atoms with van der Waals surface area (Å²) in [4.78, 5) is 7.82. The van der Waals surface area contributed by atoms with Gasteiger partial charge in [0.25, 0.3) is 0 Å². The van der Waals surface area contributed by atoms with E-state index >= 15 is 0 Å². The van der Waals surface area contributed by atoms with Crippen molar-refractivity contribution in [3.8, 4) is 0 Å². The van der Waals surface area contributed by atoms with Crippen molar-refractivity contribution in [3.05, 3.63) is 70.9 Å². The van der Waals surface area contributed by atoms with Crippen LogP contribution in [-0.2, 0) is 6.18 Å². The molecule has 0 aliphatic carbocycles. The van der Waals surface area contributed by atoms with Crippen LogP contribution in [0.15, 0.2) is 54.7 Å². The summed E-state index contributed by atoms with van der Waals surface area (Å²) in [6.45, 7) is 4.15. The van der Waals surface area contributed by atoms with Crippen molar-refractivity contribution in [2.24, 2.45) is 0 Å². The number of rotatable bonds is 5. The van der Waals surface area contributed by atoms with E-state index in [1.807, 2.05) is 24.3 Å². The molecule has 4 nitrogen and oxygen atoms in total. The van der Waals surface area contributed by atoms with Gasteiger partial charge in [-0.25, -0.2) is 4.98 Å². The number of hydrogen-bond acceptors (Lipinski definition) is 4. The van der Waals surface area contributed by atoms with Crippen molar-refractivity contribution < 1.29 is 13.2 Å². The third-order valence-corrected chi connectivity index (χ3v) is 4.38. The summed E-state index contributed by atoms with van der Waals surface area (Å²) in [5.74, 6) is 0.0412. The van der Waals surface area contributed by atoms with Crippen molar-refractivity contribution in [2.45, 2.75) is 25.9 Å². The Kier molecular flexibility index (Phi) is 5.74. The minimum absolute atomic E-state index is 0.0415. The Morgan fingerprint density at radius 2 is 1.64 bits per heavy atom. The highest BCUT2D eigenvalue weighted by atomic mass is 35.5. The molecule has 146 valence electrons. The summed E-state index contributed by atoms with van der Waals surface area (Å²) in [7, 11) is 0. The predicted octanol–water partition coefficient (Wildman–Crippen LogP) is 6.76. The fourth-order valence-corrected chi connectivity index (χ4v) is 2.70. The molecule has 0 radical (unpaired) electrons. The smallest absolute Gasteiger partial charge is 0.338 e. The third-order valence-electron chi connectivity index (χ3n) is 4.05. The molecule has 0 aliphatic rings. The summed E-state index contributed by atoms with van der Waals surface area (Å²) in [5, 5.41) is 5.87. The summed E-state index contributed by atoms with van der Waals surface area (Å²) in [5.41, 5.74) is 1.17. The van der Waals surface area contributed by atoms with Crippen LogP contribution in [0.3, 0.4) is 0 Å². The number of alkyl halides is 3. The molecule has 0 bridgehead atoms. The quantitative estimate of drug-likeness (QED) is 0.491. The van der Waals surface area contributed by atoms with Crippen molar-refractivity contribution in [2.75, 3.05) is 10.6 Å². The van der Waals surface area contributed by atoms with E-state index in [-0.39, 0.29) is 16.8 Å². The number of nitrogens with one attached hydrogen (secondary N) is 2. The van der Waals surface area contributed by atoms with Crippen LogP contribution in [-0.4, -0.2) is 9.97 Å². The topological polar surface area (TPSA) is 49.8 Å². The Balaban J connectivity index is 1.92. The molecule has 0 spiro atoms. The lowest BCUT2D eigenvalue weighted by atomic mass is 10.0. The number of halogens is 4. The van der Waals surface area contributed by atoms with E-state index in [0.717, 1.165) is 11.8 Å². The molecule has 3 rings (SSSR count). The average molecular weight is 407 g/mol. The lowest BCUT2D eigenvalue weighted by Gasteiger charge is -2.15. The summed E-state index contributed by atoms with van der Waals surface area (Å²) in [6, 6.07) is 14.1. The average Bonchev–Trinajstić information content (AvgIpc) is 2.63.